The predicted molar refractivity (Wildman–Crippen MR) is 98.8 cm³/mol. The Morgan fingerprint density at radius 2 is 2.04 bits per heavy atom. The fourth-order valence-electron chi connectivity index (χ4n) is 3.31. The molecule has 0 saturated carbocycles. The van der Waals surface area contributed by atoms with Crippen LogP contribution in [0.3, 0.4) is 0 Å². The van der Waals surface area contributed by atoms with E-state index in [2.05, 4.69) is 21.1 Å². The van der Waals surface area contributed by atoms with Crippen molar-refractivity contribution in [1.82, 2.24) is 24.6 Å². The number of hydrogen-bond donors (Lipinski definition) is 2. The van der Waals surface area contributed by atoms with E-state index in [1.807, 2.05) is 0 Å². The summed E-state index contributed by atoms with van der Waals surface area (Å²) in [4.78, 5) is 21.0. The summed E-state index contributed by atoms with van der Waals surface area (Å²) in [6, 6.07) is 8.91. The smallest absolute Gasteiger partial charge is 0.407 e. The minimum atomic E-state index is -0.915. The van der Waals surface area contributed by atoms with Crippen molar-refractivity contribution in [3.05, 3.63) is 36.0 Å². The van der Waals surface area contributed by atoms with E-state index in [1.54, 1.807) is 35.1 Å². The number of piperidine rings is 1. The predicted octanol–water partition coefficient (Wildman–Crippen LogP) is 2.39. The van der Waals surface area contributed by atoms with Gasteiger partial charge >= 0.3 is 6.09 Å². The number of nitriles is 1. The lowest BCUT2D eigenvalue weighted by molar-refractivity contribution is 0.124. The summed E-state index contributed by atoms with van der Waals surface area (Å²) >= 11 is 0. The monoisotopic (exact) mass is 379 g/mol. The minimum Gasteiger partial charge on any atom is -0.465 e. The summed E-state index contributed by atoms with van der Waals surface area (Å²) in [6.07, 6.45) is 1.94. The molecule has 2 aromatic heterocycles. The number of rotatable bonds is 3. The molecule has 0 bridgehead atoms. The zero-order valence-electron chi connectivity index (χ0n) is 14.8. The van der Waals surface area contributed by atoms with Crippen LogP contribution in [-0.2, 0) is 0 Å². The number of nitrogens with zero attached hydrogens (tertiary/aromatic N) is 6. The molecule has 142 valence electrons. The Morgan fingerprint density at radius 3 is 2.75 bits per heavy atom. The van der Waals surface area contributed by atoms with Gasteiger partial charge in [-0.3, -0.25) is 0 Å². The van der Waals surface area contributed by atoms with Crippen molar-refractivity contribution in [3.63, 3.8) is 0 Å². The van der Waals surface area contributed by atoms with Gasteiger partial charge in [0.25, 0.3) is 0 Å². The summed E-state index contributed by atoms with van der Waals surface area (Å²) < 4.78 is 7.60. The normalized spacial score (nSPS) is 14.8. The van der Waals surface area contributed by atoms with Crippen LogP contribution in [0.4, 0.5) is 10.7 Å². The Bertz CT molecular complexity index is 1080. The average molecular weight is 379 g/mol. The van der Waals surface area contributed by atoms with Crippen LogP contribution in [0.5, 0.6) is 11.6 Å². The van der Waals surface area contributed by atoms with Crippen LogP contribution >= 0.6 is 0 Å². The van der Waals surface area contributed by atoms with Gasteiger partial charge in [-0.25, -0.2) is 9.48 Å². The molecule has 1 aliphatic heterocycles. The second-order valence-electron chi connectivity index (χ2n) is 6.42. The molecule has 1 aliphatic rings. The molecular weight excluding hydrogens is 362 g/mol. The van der Waals surface area contributed by atoms with Crippen molar-refractivity contribution >= 4 is 23.1 Å². The molecule has 10 nitrogen and oxygen atoms in total. The fraction of sp³-hybridized carbons (Fsp3) is 0.278. The number of para-hydroxylation sites is 1. The molecule has 28 heavy (non-hydrogen) atoms. The first-order chi connectivity index (χ1) is 13.6. The highest BCUT2D eigenvalue weighted by molar-refractivity contribution is 5.81. The zero-order chi connectivity index (χ0) is 19.7. The van der Waals surface area contributed by atoms with Crippen molar-refractivity contribution in [2.45, 2.75) is 18.9 Å². The summed E-state index contributed by atoms with van der Waals surface area (Å²) in [5, 5.41) is 23.4. The number of carbonyl (C=O) groups is 1. The second-order valence-corrected chi connectivity index (χ2v) is 6.42. The highest BCUT2D eigenvalue weighted by atomic mass is 16.5. The molecule has 1 amide bonds. The number of ether oxygens (including phenoxy) is 1. The highest BCUT2D eigenvalue weighted by Gasteiger charge is 2.26. The number of fused-ring (bicyclic) bond motifs is 1. The quantitative estimate of drug-likeness (QED) is 0.706. The third-order valence-corrected chi connectivity index (χ3v) is 4.73. The van der Waals surface area contributed by atoms with Crippen LogP contribution in [0.2, 0.25) is 0 Å². The molecule has 3 aromatic rings. The van der Waals surface area contributed by atoms with E-state index >= 15 is 0 Å². The van der Waals surface area contributed by atoms with E-state index in [-0.39, 0.29) is 17.9 Å². The Labute approximate surface area is 159 Å². The van der Waals surface area contributed by atoms with Crippen molar-refractivity contribution in [2.24, 2.45) is 0 Å². The van der Waals surface area contributed by atoms with Gasteiger partial charge in [0.05, 0.1) is 17.8 Å². The van der Waals surface area contributed by atoms with Gasteiger partial charge in [0.1, 0.15) is 17.2 Å². The number of carboxylic acid groups (broad SMARTS) is 1. The van der Waals surface area contributed by atoms with Crippen LogP contribution in [0.15, 0.2) is 30.5 Å². The topological polar surface area (TPSA) is 143 Å². The van der Waals surface area contributed by atoms with Crippen LogP contribution in [0.25, 0.3) is 11.0 Å². The summed E-state index contributed by atoms with van der Waals surface area (Å²) in [6.45, 7) is 0.863. The second kappa shape index (κ2) is 7.03. The Kier molecular flexibility index (Phi) is 4.41. The van der Waals surface area contributed by atoms with Crippen molar-refractivity contribution < 1.29 is 14.6 Å². The maximum atomic E-state index is 11.1. The number of benzene rings is 1. The lowest BCUT2D eigenvalue weighted by atomic mass is 10.1. The standard InChI is InChI=1S/C18H17N7O3/c19-9-11-3-1-2-4-14(11)28-16-13-10-21-25(15(13)22-17(20)23-16)12-5-7-24(8-6-12)18(26)27/h1-4,10,12H,5-8H2,(H,26,27)(H2,20,22,23). The Balaban J connectivity index is 1.68. The molecule has 4 rings (SSSR count). The minimum absolute atomic E-state index is 0.00152. The molecule has 10 heteroatoms. The summed E-state index contributed by atoms with van der Waals surface area (Å²) in [5.74, 6) is 0.619. The SMILES string of the molecule is N#Cc1ccccc1Oc1nc(N)nc2c1cnn2C1CCN(C(=O)O)CC1. The Hall–Kier alpha value is -3.87. The maximum Gasteiger partial charge on any atom is 0.407 e. The molecule has 3 heterocycles. The van der Waals surface area contributed by atoms with E-state index in [9.17, 15) is 10.1 Å². The summed E-state index contributed by atoms with van der Waals surface area (Å²) in [5.41, 5.74) is 6.77. The van der Waals surface area contributed by atoms with Gasteiger partial charge in [0.15, 0.2) is 5.65 Å². The molecule has 0 radical (unpaired) electrons. The van der Waals surface area contributed by atoms with Crippen molar-refractivity contribution in [2.75, 3.05) is 18.8 Å². The first-order valence-corrected chi connectivity index (χ1v) is 8.72. The molecule has 0 aliphatic carbocycles. The van der Waals surface area contributed by atoms with Crippen LogP contribution in [0.1, 0.15) is 24.4 Å². The number of anilines is 1. The zero-order valence-corrected chi connectivity index (χ0v) is 14.8. The number of nitrogen functional groups attached to an aromatic ring is 1. The van der Waals surface area contributed by atoms with Gasteiger partial charge in [-0.2, -0.15) is 20.3 Å². The number of likely N-dealkylation sites (tertiary alicyclic amines) is 1. The molecule has 0 atom stereocenters. The lowest BCUT2D eigenvalue weighted by Gasteiger charge is -2.30. The first-order valence-electron chi connectivity index (χ1n) is 8.72. The van der Waals surface area contributed by atoms with Gasteiger partial charge < -0.3 is 20.5 Å². The fourth-order valence-corrected chi connectivity index (χ4v) is 3.31. The van der Waals surface area contributed by atoms with Gasteiger partial charge in [-0.15, -0.1) is 0 Å². The average Bonchev–Trinajstić information content (AvgIpc) is 3.12. The maximum absolute atomic E-state index is 11.1. The van der Waals surface area contributed by atoms with Gasteiger partial charge in [-0.05, 0) is 25.0 Å². The third-order valence-electron chi connectivity index (χ3n) is 4.73. The van der Waals surface area contributed by atoms with E-state index in [0.717, 1.165) is 0 Å². The number of nitrogens with two attached hydrogens (primary N) is 1. The Morgan fingerprint density at radius 1 is 1.29 bits per heavy atom. The number of hydrogen-bond acceptors (Lipinski definition) is 7. The molecule has 1 saturated heterocycles. The number of amides is 1. The molecule has 1 fully saturated rings. The largest absolute Gasteiger partial charge is 0.465 e. The van der Waals surface area contributed by atoms with Crippen LogP contribution in [-0.4, -0.2) is 48.9 Å². The summed E-state index contributed by atoms with van der Waals surface area (Å²) in [7, 11) is 0. The molecular formula is C18H17N7O3. The number of aromatic nitrogens is 4. The molecule has 3 N–H and O–H groups in total. The van der Waals surface area contributed by atoms with Gasteiger partial charge in [0.2, 0.25) is 11.8 Å². The highest BCUT2D eigenvalue weighted by Crippen LogP contribution is 2.32. The van der Waals surface area contributed by atoms with Crippen molar-refractivity contribution in [3.8, 4) is 17.7 Å². The van der Waals surface area contributed by atoms with E-state index in [1.165, 1.54) is 4.90 Å². The molecule has 0 unspecified atom stereocenters. The van der Waals surface area contributed by atoms with Gasteiger partial charge in [0, 0.05) is 13.1 Å². The first kappa shape index (κ1) is 17.5. The molecule has 0 spiro atoms. The van der Waals surface area contributed by atoms with E-state index in [4.69, 9.17) is 15.6 Å². The van der Waals surface area contributed by atoms with Crippen LogP contribution < -0.4 is 10.5 Å². The molecule has 1 aromatic carbocycles. The third kappa shape index (κ3) is 3.14. The van der Waals surface area contributed by atoms with E-state index < -0.39 is 6.09 Å². The van der Waals surface area contributed by atoms with Crippen LogP contribution in [0, 0.1) is 11.3 Å². The van der Waals surface area contributed by atoms with E-state index in [0.29, 0.717) is 48.3 Å². The van der Waals surface area contributed by atoms with Gasteiger partial charge in [-0.1, -0.05) is 12.1 Å². The lowest BCUT2D eigenvalue weighted by Crippen LogP contribution is -2.38. The van der Waals surface area contributed by atoms with Crippen molar-refractivity contribution in [1.29, 1.82) is 5.26 Å².